The number of aromatic nitrogens is 1. The third kappa shape index (κ3) is 2.52. The quantitative estimate of drug-likeness (QED) is 0.653. The van der Waals surface area contributed by atoms with Crippen molar-refractivity contribution in [1.29, 1.82) is 0 Å². The zero-order chi connectivity index (χ0) is 16.7. The number of thioether (sulfide) groups is 1. The lowest BCUT2D eigenvalue weighted by Gasteiger charge is -2.22. The fourth-order valence-electron chi connectivity index (χ4n) is 2.74. The minimum absolute atomic E-state index is 0.00848. The molecule has 3 aromatic rings. The number of halogens is 1. The van der Waals surface area contributed by atoms with E-state index in [0.717, 1.165) is 22.2 Å². The molecule has 0 saturated carbocycles. The lowest BCUT2D eigenvalue weighted by atomic mass is 10.1. The number of hydrogen-bond donors (Lipinski definition) is 0. The molecule has 0 bridgehead atoms. The summed E-state index contributed by atoms with van der Waals surface area (Å²) >= 11 is 7.93. The number of anilines is 1. The van der Waals surface area contributed by atoms with Gasteiger partial charge in [-0.15, -0.1) is 11.8 Å². The summed E-state index contributed by atoms with van der Waals surface area (Å²) < 4.78 is 10.6. The first kappa shape index (κ1) is 15.4. The first-order valence-electron chi connectivity index (χ1n) is 7.29. The van der Waals surface area contributed by atoms with Crippen molar-refractivity contribution in [2.24, 2.45) is 0 Å². The predicted octanol–water partition coefficient (Wildman–Crippen LogP) is 4.27. The molecule has 2 aromatic heterocycles. The molecule has 1 aliphatic heterocycles. The number of carbonyl (C=O) groups excluding carboxylic acids is 1. The molecular weight excluding hydrogens is 348 g/mol. The molecule has 4 rings (SSSR count). The number of carbonyl (C=O) groups is 1. The zero-order valence-corrected chi connectivity index (χ0v) is 14.3. The van der Waals surface area contributed by atoms with Crippen LogP contribution in [0.2, 0.25) is 5.15 Å². The number of furan rings is 1. The Bertz CT molecular complexity index is 914. The average Bonchev–Trinajstić information content (AvgIpc) is 3.23. The number of rotatable bonds is 3. The van der Waals surface area contributed by atoms with Crippen molar-refractivity contribution in [3.63, 3.8) is 0 Å². The maximum atomic E-state index is 12.3. The third-order valence-electron chi connectivity index (χ3n) is 3.88. The Morgan fingerprint density at radius 1 is 1.38 bits per heavy atom. The highest BCUT2D eigenvalue weighted by Gasteiger charge is 2.37. The fourth-order valence-corrected chi connectivity index (χ4v) is 4.22. The van der Waals surface area contributed by atoms with Gasteiger partial charge in [0.05, 0.1) is 24.6 Å². The SMILES string of the molecule is COc1ccc2cc(C3SCC(=O)N3c3ccco3)c(Cl)nc2c1. The number of pyridine rings is 1. The van der Waals surface area contributed by atoms with Crippen molar-refractivity contribution in [2.45, 2.75) is 5.37 Å². The summed E-state index contributed by atoms with van der Waals surface area (Å²) in [6.45, 7) is 0. The lowest BCUT2D eigenvalue weighted by molar-refractivity contribution is -0.116. The van der Waals surface area contributed by atoms with E-state index in [2.05, 4.69) is 4.98 Å². The summed E-state index contributed by atoms with van der Waals surface area (Å²) in [5.41, 5.74) is 1.54. The number of hydrogen-bond acceptors (Lipinski definition) is 5. The molecule has 3 heterocycles. The number of amides is 1. The number of benzene rings is 1. The topological polar surface area (TPSA) is 55.6 Å². The fraction of sp³-hybridized carbons (Fsp3) is 0.176. The molecule has 1 atom stereocenters. The highest BCUT2D eigenvalue weighted by Crippen LogP contribution is 2.44. The van der Waals surface area contributed by atoms with Crippen LogP contribution in [0.5, 0.6) is 5.75 Å². The van der Waals surface area contributed by atoms with Crippen LogP contribution in [0.15, 0.2) is 47.1 Å². The van der Waals surface area contributed by atoms with E-state index in [0.29, 0.717) is 16.8 Å². The molecule has 0 radical (unpaired) electrons. The predicted molar refractivity (Wildman–Crippen MR) is 94.7 cm³/mol. The molecule has 7 heteroatoms. The lowest BCUT2D eigenvalue weighted by Crippen LogP contribution is -2.27. The van der Waals surface area contributed by atoms with E-state index in [1.165, 1.54) is 11.8 Å². The van der Waals surface area contributed by atoms with Crippen LogP contribution in [0.4, 0.5) is 5.88 Å². The van der Waals surface area contributed by atoms with Crippen LogP contribution in [-0.4, -0.2) is 23.8 Å². The molecule has 5 nitrogen and oxygen atoms in total. The molecular formula is C17H13ClN2O3S. The van der Waals surface area contributed by atoms with Crippen LogP contribution in [0.1, 0.15) is 10.9 Å². The van der Waals surface area contributed by atoms with Crippen molar-refractivity contribution in [1.82, 2.24) is 4.98 Å². The van der Waals surface area contributed by atoms with Crippen LogP contribution in [0, 0.1) is 0 Å². The van der Waals surface area contributed by atoms with Crippen LogP contribution >= 0.6 is 23.4 Å². The molecule has 1 fully saturated rings. The minimum atomic E-state index is -0.254. The first-order valence-corrected chi connectivity index (χ1v) is 8.71. The minimum Gasteiger partial charge on any atom is -0.497 e. The molecule has 0 N–H and O–H groups in total. The largest absolute Gasteiger partial charge is 0.497 e. The molecule has 1 aliphatic rings. The number of ether oxygens (including phenoxy) is 1. The van der Waals surface area contributed by atoms with E-state index in [1.807, 2.05) is 24.3 Å². The Kier molecular flexibility index (Phi) is 3.86. The molecule has 24 heavy (non-hydrogen) atoms. The average molecular weight is 361 g/mol. The monoisotopic (exact) mass is 360 g/mol. The molecule has 0 spiro atoms. The van der Waals surface area contributed by atoms with Crippen LogP contribution in [0.25, 0.3) is 10.9 Å². The molecule has 0 aliphatic carbocycles. The highest BCUT2D eigenvalue weighted by molar-refractivity contribution is 8.00. The summed E-state index contributed by atoms with van der Waals surface area (Å²) in [6.07, 6.45) is 1.55. The molecule has 1 amide bonds. The standard InChI is InChI=1S/C17H13ClN2O3S/c1-22-11-5-4-10-7-12(16(18)19-13(10)8-11)17-20(14(21)9-24-17)15-3-2-6-23-15/h2-8,17H,9H2,1H3. The maximum absolute atomic E-state index is 12.3. The van der Waals surface area contributed by atoms with Crippen LogP contribution in [0.3, 0.4) is 0 Å². The van der Waals surface area contributed by atoms with Gasteiger partial charge >= 0.3 is 0 Å². The van der Waals surface area contributed by atoms with E-state index in [-0.39, 0.29) is 11.3 Å². The normalized spacial score (nSPS) is 17.7. The Labute approximate surface area is 147 Å². The summed E-state index contributed by atoms with van der Waals surface area (Å²) in [5.74, 6) is 1.61. The van der Waals surface area contributed by atoms with E-state index in [4.69, 9.17) is 20.8 Å². The second-order valence-electron chi connectivity index (χ2n) is 5.31. The Morgan fingerprint density at radius 3 is 3.00 bits per heavy atom. The molecule has 1 aromatic carbocycles. The van der Waals surface area contributed by atoms with Gasteiger partial charge in [0.2, 0.25) is 11.8 Å². The Morgan fingerprint density at radius 2 is 2.25 bits per heavy atom. The van der Waals surface area contributed by atoms with E-state index in [9.17, 15) is 4.79 Å². The van der Waals surface area contributed by atoms with Crippen LogP contribution < -0.4 is 9.64 Å². The zero-order valence-electron chi connectivity index (χ0n) is 12.7. The van der Waals surface area contributed by atoms with Gasteiger partial charge in [0, 0.05) is 23.1 Å². The van der Waals surface area contributed by atoms with Gasteiger partial charge in [-0.3, -0.25) is 9.69 Å². The summed E-state index contributed by atoms with van der Waals surface area (Å²) in [7, 11) is 1.61. The molecule has 1 unspecified atom stereocenters. The maximum Gasteiger partial charge on any atom is 0.240 e. The van der Waals surface area contributed by atoms with Gasteiger partial charge in [0.1, 0.15) is 16.3 Å². The first-order chi connectivity index (χ1) is 11.7. The van der Waals surface area contributed by atoms with Gasteiger partial charge in [-0.2, -0.15) is 0 Å². The van der Waals surface area contributed by atoms with Crippen molar-refractivity contribution >= 4 is 46.1 Å². The van der Waals surface area contributed by atoms with Crippen molar-refractivity contribution in [2.75, 3.05) is 17.8 Å². The second kappa shape index (κ2) is 6.03. The van der Waals surface area contributed by atoms with Gasteiger partial charge in [-0.1, -0.05) is 11.6 Å². The van der Waals surface area contributed by atoms with E-state index < -0.39 is 0 Å². The molecule has 1 saturated heterocycles. The van der Waals surface area contributed by atoms with Crippen molar-refractivity contribution < 1.29 is 13.9 Å². The second-order valence-corrected chi connectivity index (χ2v) is 6.73. The molecule has 122 valence electrons. The Balaban J connectivity index is 1.80. The highest BCUT2D eigenvalue weighted by atomic mass is 35.5. The summed E-state index contributed by atoms with van der Waals surface area (Å²) in [5, 5.41) is 1.06. The Hall–Kier alpha value is -2.18. The van der Waals surface area contributed by atoms with Gasteiger partial charge in [-0.05, 0) is 24.3 Å². The van der Waals surface area contributed by atoms with Crippen LogP contribution in [-0.2, 0) is 4.79 Å². The van der Waals surface area contributed by atoms with Gasteiger partial charge in [-0.25, -0.2) is 4.98 Å². The van der Waals surface area contributed by atoms with Crippen molar-refractivity contribution in [3.05, 3.63) is 53.4 Å². The van der Waals surface area contributed by atoms with E-state index in [1.54, 1.807) is 30.4 Å². The number of nitrogens with zero attached hydrogens (tertiary/aromatic N) is 2. The van der Waals surface area contributed by atoms with Crippen molar-refractivity contribution in [3.8, 4) is 5.75 Å². The number of methoxy groups -OCH3 is 1. The summed E-state index contributed by atoms with van der Waals surface area (Å²) in [4.78, 5) is 18.4. The summed E-state index contributed by atoms with van der Waals surface area (Å²) in [6, 6.07) is 11.1. The smallest absolute Gasteiger partial charge is 0.240 e. The van der Waals surface area contributed by atoms with Gasteiger partial charge < -0.3 is 9.15 Å². The van der Waals surface area contributed by atoms with Gasteiger partial charge in [0.25, 0.3) is 0 Å². The van der Waals surface area contributed by atoms with Gasteiger partial charge in [0.15, 0.2) is 0 Å². The van der Waals surface area contributed by atoms with E-state index >= 15 is 0 Å². The third-order valence-corrected chi connectivity index (χ3v) is 5.38. The number of fused-ring (bicyclic) bond motifs is 1.